The van der Waals surface area contributed by atoms with Gasteiger partial charge >= 0.3 is 0 Å². The van der Waals surface area contributed by atoms with Gasteiger partial charge in [0.05, 0.1) is 6.10 Å². The molecule has 98 valence electrons. The lowest BCUT2D eigenvalue weighted by Crippen LogP contribution is -2.15. The zero-order valence-corrected chi connectivity index (χ0v) is 10.5. The van der Waals surface area contributed by atoms with Crippen LogP contribution in [-0.4, -0.2) is 23.3 Å². The summed E-state index contributed by atoms with van der Waals surface area (Å²) in [7, 11) is 0. The maximum absolute atomic E-state index is 10.3. The molecule has 1 aliphatic rings. The van der Waals surface area contributed by atoms with E-state index in [1.165, 1.54) is 0 Å². The molecule has 0 amide bonds. The van der Waals surface area contributed by atoms with Crippen LogP contribution in [0.25, 0.3) is 0 Å². The Morgan fingerprint density at radius 2 is 1.79 bits per heavy atom. The first kappa shape index (κ1) is 12.0. The van der Waals surface area contributed by atoms with E-state index in [9.17, 15) is 5.11 Å². The van der Waals surface area contributed by atoms with Crippen LogP contribution >= 0.6 is 0 Å². The summed E-state index contributed by atoms with van der Waals surface area (Å²) in [6.45, 7) is 1.13. The van der Waals surface area contributed by atoms with E-state index >= 15 is 0 Å². The minimum atomic E-state index is -0.557. The SMILES string of the molecule is OC(Cc1ccncc1)c1ccc2c(c1)OCCO2. The molecule has 0 bridgehead atoms. The molecule has 0 saturated carbocycles. The number of aliphatic hydroxyl groups is 1. The summed E-state index contributed by atoms with van der Waals surface area (Å²) < 4.78 is 11.0. The summed E-state index contributed by atoms with van der Waals surface area (Å²) >= 11 is 0. The molecule has 4 nitrogen and oxygen atoms in total. The Morgan fingerprint density at radius 1 is 1.05 bits per heavy atom. The van der Waals surface area contributed by atoms with Crippen molar-refractivity contribution in [1.29, 1.82) is 0 Å². The van der Waals surface area contributed by atoms with Crippen LogP contribution in [0.5, 0.6) is 11.5 Å². The summed E-state index contributed by atoms with van der Waals surface area (Å²) in [5.74, 6) is 1.45. The van der Waals surface area contributed by atoms with E-state index in [0.717, 1.165) is 16.9 Å². The summed E-state index contributed by atoms with van der Waals surface area (Å²) in [6.07, 6.45) is 3.46. The summed E-state index contributed by atoms with van der Waals surface area (Å²) in [6, 6.07) is 9.38. The molecule has 2 aromatic rings. The second kappa shape index (κ2) is 5.28. The fourth-order valence-electron chi connectivity index (χ4n) is 2.13. The highest BCUT2D eigenvalue weighted by atomic mass is 16.6. The smallest absolute Gasteiger partial charge is 0.161 e. The van der Waals surface area contributed by atoms with E-state index in [0.29, 0.717) is 25.4 Å². The number of pyridine rings is 1. The number of ether oxygens (including phenoxy) is 2. The summed E-state index contributed by atoms with van der Waals surface area (Å²) in [5.41, 5.74) is 1.89. The molecule has 0 aliphatic carbocycles. The minimum absolute atomic E-state index is 0.552. The first-order valence-electron chi connectivity index (χ1n) is 6.29. The average Bonchev–Trinajstić information content (AvgIpc) is 2.48. The lowest BCUT2D eigenvalue weighted by molar-refractivity contribution is 0.164. The zero-order valence-electron chi connectivity index (χ0n) is 10.5. The van der Waals surface area contributed by atoms with Crippen molar-refractivity contribution in [3.05, 3.63) is 53.9 Å². The number of nitrogens with zero attached hydrogens (tertiary/aromatic N) is 1. The molecule has 19 heavy (non-hydrogen) atoms. The van der Waals surface area contributed by atoms with Crippen LogP contribution < -0.4 is 9.47 Å². The molecule has 1 aromatic carbocycles. The van der Waals surface area contributed by atoms with Gasteiger partial charge in [0.1, 0.15) is 13.2 Å². The van der Waals surface area contributed by atoms with E-state index in [-0.39, 0.29) is 0 Å². The number of aliphatic hydroxyl groups excluding tert-OH is 1. The van der Waals surface area contributed by atoms with Gasteiger partial charge in [-0.15, -0.1) is 0 Å². The number of hydrogen-bond donors (Lipinski definition) is 1. The predicted molar refractivity (Wildman–Crippen MR) is 70.3 cm³/mol. The molecule has 1 aromatic heterocycles. The standard InChI is InChI=1S/C15H15NO3/c17-13(9-11-3-5-16-6-4-11)12-1-2-14-15(10-12)19-8-7-18-14/h1-6,10,13,17H,7-9H2. The Kier molecular flexibility index (Phi) is 3.33. The van der Waals surface area contributed by atoms with Gasteiger partial charge in [-0.1, -0.05) is 6.07 Å². The largest absolute Gasteiger partial charge is 0.486 e. The van der Waals surface area contributed by atoms with Gasteiger partial charge in [0.15, 0.2) is 11.5 Å². The molecular weight excluding hydrogens is 242 g/mol. The van der Waals surface area contributed by atoms with E-state index < -0.39 is 6.10 Å². The van der Waals surface area contributed by atoms with Crippen LogP contribution in [0.1, 0.15) is 17.2 Å². The van der Waals surface area contributed by atoms with Crippen molar-refractivity contribution < 1.29 is 14.6 Å². The van der Waals surface area contributed by atoms with Crippen molar-refractivity contribution in [1.82, 2.24) is 4.98 Å². The van der Waals surface area contributed by atoms with Gasteiger partial charge < -0.3 is 14.6 Å². The zero-order chi connectivity index (χ0) is 13.1. The van der Waals surface area contributed by atoms with E-state index in [4.69, 9.17) is 9.47 Å². The third kappa shape index (κ3) is 2.69. The predicted octanol–water partition coefficient (Wildman–Crippen LogP) is 2.13. The van der Waals surface area contributed by atoms with Gasteiger partial charge in [0.25, 0.3) is 0 Å². The summed E-state index contributed by atoms with van der Waals surface area (Å²) in [5, 5.41) is 10.3. The minimum Gasteiger partial charge on any atom is -0.486 e. The number of aromatic nitrogens is 1. The lowest BCUT2D eigenvalue weighted by atomic mass is 10.0. The molecule has 1 unspecified atom stereocenters. The maximum atomic E-state index is 10.3. The van der Waals surface area contributed by atoms with Crippen LogP contribution in [-0.2, 0) is 6.42 Å². The highest BCUT2D eigenvalue weighted by Crippen LogP contribution is 2.33. The van der Waals surface area contributed by atoms with Gasteiger partial charge in [-0.05, 0) is 35.4 Å². The quantitative estimate of drug-likeness (QED) is 0.915. The van der Waals surface area contributed by atoms with Crippen molar-refractivity contribution in [3.63, 3.8) is 0 Å². The van der Waals surface area contributed by atoms with Gasteiger partial charge in [0.2, 0.25) is 0 Å². The van der Waals surface area contributed by atoms with Gasteiger partial charge in [-0.25, -0.2) is 0 Å². The van der Waals surface area contributed by atoms with E-state index in [1.54, 1.807) is 12.4 Å². The van der Waals surface area contributed by atoms with Crippen LogP contribution in [0.3, 0.4) is 0 Å². The van der Waals surface area contributed by atoms with Gasteiger partial charge in [-0.2, -0.15) is 0 Å². The molecule has 1 atom stereocenters. The second-order valence-corrected chi connectivity index (χ2v) is 4.48. The first-order chi connectivity index (χ1) is 9.33. The first-order valence-corrected chi connectivity index (χ1v) is 6.29. The number of fused-ring (bicyclic) bond motifs is 1. The molecular formula is C15H15NO3. The average molecular weight is 257 g/mol. The lowest BCUT2D eigenvalue weighted by Gasteiger charge is -2.20. The third-order valence-corrected chi connectivity index (χ3v) is 3.13. The third-order valence-electron chi connectivity index (χ3n) is 3.13. The fraction of sp³-hybridized carbons (Fsp3) is 0.267. The Balaban J connectivity index is 1.78. The van der Waals surface area contributed by atoms with E-state index in [1.807, 2.05) is 30.3 Å². The molecule has 2 heterocycles. The number of hydrogen-bond acceptors (Lipinski definition) is 4. The van der Waals surface area contributed by atoms with Crippen LogP contribution in [0.15, 0.2) is 42.7 Å². The maximum Gasteiger partial charge on any atom is 0.161 e. The molecule has 0 radical (unpaired) electrons. The number of rotatable bonds is 3. The molecule has 1 aliphatic heterocycles. The molecule has 0 fully saturated rings. The highest BCUT2D eigenvalue weighted by molar-refractivity contribution is 5.44. The Labute approximate surface area is 111 Å². The van der Waals surface area contributed by atoms with E-state index in [2.05, 4.69) is 4.98 Å². The van der Waals surface area contributed by atoms with Crippen molar-refractivity contribution in [3.8, 4) is 11.5 Å². The van der Waals surface area contributed by atoms with Gasteiger partial charge in [-0.3, -0.25) is 4.98 Å². The van der Waals surface area contributed by atoms with Crippen LogP contribution in [0.4, 0.5) is 0 Å². The monoisotopic (exact) mass is 257 g/mol. The van der Waals surface area contributed by atoms with Crippen molar-refractivity contribution in [2.45, 2.75) is 12.5 Å². The van der Waals surface area contributed by atoms with Gasteiger partial charge in [0, 0.05) is 18.8 Å². The van der Waals surface area contributed by atoms with Crippen LogP contribution in [0.2, 0.25) is 0 Å². The molecule has 0 saturated heterocycles. The number of benzene rings is 1. The topological polar surface area (TPSA) is 51.6 Å². The fourth-order valence-corrected chi connectivity index (χ4v) is 2.13. The Hall–Kier alpha value is -2.07. The highest BCUT2D eigenvalue weighted by Gasteiger charge is 2.15. The van der Waals surface area contributed by atoms with Crippen molar-refractivity contribution in [2.24, 2.45) is 0 Å². The molecule has 1 N–H and O–H groups in total. The van der Waals surface area contributed by atoms with Crippen molar-refractivity contribution in [2.75, 3.05) is 13.2 Å². The van der Waals surface area contributed by atoms with Crippen molar-refractivity contribution >= 4 is 0 Å². The molecule has 4 heteroatoms. The second-order valence-electron chi connectivity index (χ2n) is 4.48. The Morgan fingerprint density at radius 3 is 2.58 bits per heavy atom. The molecule has 0 spiro atoms. The van der Waals surface area contributed by atoms with Crippen LogP contribution in [0, 0.1) is 0 Å². The summed E-state index contributed by atoms with van der Waals surface area (Å²) in [4.78, 5) is 3.96. The molecule has 3 rings (SSSR count). The Bertz CT molecular complexity index is 557. The normalized spacial score (nSPS) is 15.0.